The predicted molar refractivity (Wildman–Crippen MR) is 21.8 cm³/mol. The molecule has 1 radical (unpaired) electrons. The van der Waals surface area contributed by atoms with Crippen molar-refractivity contribution in [1.82, 2.24) is 0 Å². The third kappa shape index (κ3) is 2.56. The van der Waals surface area contributed by atoms with E-state index in [2.05, 4.69) is 6.58 Å². The Labute approximate surface area is 36.4 Å². The number of hydrogen-bond acceptors (Lipinski definition) is 0. The Bertz CT molecular complexity index is 20.0. The molecule has 0 atom stereocenters. The molecule has 0 saturated carbocycles. The first-order valence-electron chi connectivity index (χ1n) is 0.960. The molecule has 0 amide bonds. The monoisotopic (exact) mass is 89.0 g/mol. The molecular weight excluding hydrogens is 86.5 g/mol. The van der Waals surface area contributed by atoms with Crippen LogP contribution in [0.25, 0.3) is 0 Å². The first-order valence-corrected chi connectivity index (χ1v) is 3.37. The summed E-state index contributed by atoms with van der Waals surface area (Å²) in [5.41, 5.74) is 0. The molecule has 0 heterocycles. The van der Waals surface area contributed by atoms with Crippen LogP contribution in [0.2, 0.25) is 0 Å². The fourth-order valence-electron chi connectivity index (χ4n) is 0. The van der Waals surface area contributed by atoms with Crippen molar-refractivity contribution in [2.45, 2.75) is 0 Å². The van der Waals surface area contributed by atoms with Crippen molar-refractivity contribution in [2.75, 3.05) is 0 Å². The molecule has 0 aliphatic heterocycles. The molecule has 0 aromatic carbocycles. The van der Waals surface area contributed by atoms with Gasteiger partial charge in [0.25, 0.3) is 0 Å². The Hall–Kier alpha value is 0.562. The van der Waals surface area contributed by atoms with Gasteiger partial charge in [0, 0.05) is 0 Å². The van der Waals surface area contributed by atoms with E-state index in [1.54, 1.807) is 4.94 Å². The summed E-state index contributed by atoms with van der Waals surface area (Å²) < 4.78 is 0. The van der Waals surface area contributed by atoms with E-state index in [0.29, 0.717) is 0 Å². The summed E-state index contributed by atoms with van der Waals surface area (Å²) in [7, 11) is 5.15. The SMILES string of the molecule is C=[CH][Al][Cl]. The van der Waals surface area contributed by atoms with Crippen molar-refractivity contribution in [2.24, 2.45) is 0 Å². The van der Waals surface area contributed by atoms with Gasteiger partial charge in [-0.05, 0) is 0 Å². The number of hydrogen-bond donors (Lipinski definition) is 0. The van der Waals surface area contributed by atoms with E-state index in [1.807, 2.05) is 0 Å². The average molecular weight is 89.5 g/mol. The van der Waals surface area contributed by atoms with E-state index >= 15 is 0 Å². The summed E-state index contributed by atoms with van der Waals surface area (Å²) in [4.78, 5) is 1.72. The number of halogens is 1. The molecule has 0 fully saturated rings. The van der Waals surface area contributed by atoms with Crippen molar-refractivity contribution in [3.05, 3.63) is 11.5 Å². The standard InChI is InChI=1S/C2H3.Al.ClH/c1-2;;/h1H,2H2;;1H/q;+1;/p-1. The quantitative estimate of drug-likeness (QED) is 0.420. The second-order valence-corrected chi connectivity index (χ2v) is 1.84. The van der Waals surface area contributed by atoms with E-state index < -0.39 is 0 Å². The van der Waals surface area contributed by atoms with E-state index in [0.717, 1.165) is 0 Å². The highest BCUT2D eigenvalue weighted by atomic mass is 35.6. The van der Waals surface area contributed by atoms with Crippen LogP contribution >= 0.6 is 10.0 Å². The fourth-order valence-corrected chi connectivity index (χ4v) is 0. The fraction of sp³-hybridized carbons (Fsp3) is 0. The van der Waals surface area contributed by atoms with E-state index in [1.165, 1.54) is 0 Å². The molecule has 0 rings (SSSR count). The van der Waals surface area contributed by atoms with Crippen LogP contribution in [0.3, 0.4) is 0 Å². The Kier molecular flexibility index (Phi) is 4.06. The van der Waals surface area contributed by atoms with Crippen molar-refractivity contribution in [1.29, 1.82) is 0 Å². The Morgan fingerprint density at radius 2 is 2.25 bits per heavy atom. The summed E-state index contributed by atoms with van der Waals surface area (Å²) in [5.74, 6) is 0. The smallest absolute Gasteiger partial charge is 0.269 e. The minimum atomic E-state index is 0.0185. The highest BCUT2D eigenvalue weighted by Gasteiger charge is 1.61. The van der Waals surface area contributed by atoms with Crippen LogP contribution in [0, 0.1) is 0 Å². The van der Waals surface area contributed by atoms with E-state index in [4.69, 9.17) is 10.0 Å². The first-order chi connectivity index (χ1) is 1.91. The molecule has 0 aromatic heterocycles. The molecule has 2 heteroatoms. The van der Waals surface area contributed by atoms with Crippen LogP contribution in [-0.2, 0) is 0 Å². The van der Waals surface area contributed by atoms with Gasteiger partial charge in [-0.3, -0.25) is 10.0 Å². The molecule has 0 aliphatic carbocycles. The van der Waals surface area contributed by atoms with E-state index in [-0.39, 0.29) is 14.3 Å². The lowest BCUT2D eigenvalue weighted by molar-refractivity contribution is 2.61. The van der Waals surface area contributed by atoms with Gasteiger partial charge in [-0.2, -0.15) is 0 Å². The van der Waals surface area contributed by atoms with Crippen LogP contribution in [0.5, 0.6) is 0 Å². The van der Waals surface area contributed by atoms with Gasteiger partial charge in [0.1, 0.15) is 0 Å². The maximum Gasteiger partial charge on any atom is 0.389 e. The van der Waals surface area contributed by atoms with Crippen molar-refractivity contribution >= 4 is 24.3 Å². The Morgan fingerprint density at radius 3 is 2.25 bits per heavy atom. The van der Waals surface area contributed by atoms with Crippen molar-refractivity contribution < 1.29 is 0 Å². The maximum absolute atomic E-state index is 5.15. The number of rotatable bonds is 1. The molecule has 0 aliphatic rings. The Morgan fingerprint density at radius 1 is 2.00 bits per heavy atom. The lowest BCUT2D eigenvalue weighted by atomic mass is 11.3. The molecule has 4 heavy (non-hydrogen) atoms. The normalized spacial score (nSPS) is 5.25. The van der Waals surface area contributed by atoms with Gasteiger partial charge in [0.15, 0.2) is 0 Å². The minimum absolute atomic E-state index is 0.0185. The zero-order valence-corrected chi connectivity index (χ0v) is 4.15. The summed E-state index contributed by atoms with van der Waals surface area (Å²) >= 11 is 0.0185. The zero-order valence-electron chi connectivity index (χ0n) is 2.24. The third-order valence-electron chi connectivity index (χ3n) is 0.0891. The van der Waals surface area contributed by atoms with Gasteiger partial charge < -0.3 is 0 Å². The average Bonchev–Trinajstić information content (AvgIpc) is 1.37. The third-order valence-corrected chi connectivity index (χ3v) is 0.802. The zero-order chi connectivity index (χ0) is 3.41. The summed E-state index contributed by atoms with van der Waals surface area (Å²) in [6.07, 6.45) is 0. The lowest BCUT2D eigenvalue weighted by Crippen LogP contribution is -1.54. The van der Waals surface area contributed by atoms with Gasteiger partial charge in [-0.15, -0.1) is 11.5 Å². The maximum atomic E-state index is 5.15. The topological polar surface area (TPSA) is 0 Å². The highest BCUT2D eigenvalue weighted by Crippen LogP contribution is 1.61. The molecule has 0 N–H and O–H groups in total. The van der Waals surface area contributed by atoms with Gasteiger partial charge in [-0.25, -0.2) is 0 Å². The second kappa shape index (κ2) is 3.56. The van der Waals surface area contributed by atoms with Crippen LogP contribution in [0.15, 0.2) is 11.5 Å². The van der Waals surface area contributed by atoms with Crippen LogP contribution in [0.4, 0.5) is 0 Å². The van der Waals surface area contributed by atoms with E-state index in [9.17, 15) is 0 Å². The molecule has 0 bridgehead atoms. The van der Waals surface area contributed by atoms with Crippen molar-refractivity contribution in [3.63, 3.8) is 0 Å². The molecule has 0 nitrogen and oxygen atoms in total. The van der Waals surface area contributed by atoms with Crippen molar-refractivity contribution in [3.8, 4) is 0 Å². The second-order valence-electron chi connectivity index (χ2n) is 0.362. The van der Waals surface area contributed by atoms with Gasteiger partial charge in [0.2, 0.25) is 0 Å². The van der Waals surface area contributed by atoms with Gasteiger partial charge in [0.05, 0.1) is 0 Å². The minimum Gasteiger partial charge on any atom is -0.269 e. The summed E-state index contributed by atoms with van der Waals surface area (Å²) in [6.45, 7) is 3.38. The molecule has 0 spiro atoms. The molecule has 0 saturated heterocycles. The van der Waals surface area contributed by atoms with Crippen LogP contribution in [0.1, 0.15) is 0 Å². The highest BCUT2D eigenvalue weighted by molar-refractivity contribution is 6.96. The van der Waals surface area contributed by atoms with Gasteiger partial charge >= 0.3 is 14.3 Å². The molecule has 21 valence electrons. The summed E-state index contributed by atoms with van der Waals surface area (Å²) in [6, 6.07) is 0. The molecular formula is C2H3AlCl. The molecule has 0 aromatic rings. The predicted octanol–water partition coefficient (Wildman–Crippen LogP) is 0.988. The largest absolute Gasteiger partial charge is 0.389 e. The molecule has 0 unspecified atom stereocenters. The Balaban J connectivity index is 2.30. The van der Waals surface area contributed by atoms with Crippen LogP contribution in [-0.4, -0.2) is 14.3 Å². The first kappa shape index (κ1) is 4.56. The summed E-state index contributed by atoms with van der Waals surface area (Å²) in [5, 5.41) is 0. The van der Waals surface area contributed by atoms with Gasteiger partial charge in [-0.1, -0.05) is 0 Å². The lowest BCUT2D eigenvalue weighted by Gasteiger charge is -1.48. The van der Waals surface area contributed by atoms with Crippen LogP contribution < -0.4 is 0 Å².